The Morgan fingerprint density at radius 2 is 0.948 bits per heavy atom. The van der Waals surface area contributed by atoms with E-state index in [4.69, 9.17) is 28.4 Å². The molecule has 2 N–H and O–H groups in total. The normalized spacial score (nSPS) is 15.2. The van der Waals surface area contributed by atoms with Gasteiger partial charge in [0.05, 0.1) is 64.5 Å². The fraction of sp³-hybridized carbons (Fsp3) is 0.364. The zero-order chi connectivity index (χ0) is 41.7. The molecule has 4 aromatic carbocycles. The van der Waals surface area contributed by atoms with E-state index in [-0.39, 0.29) is 35.5 Å². The molecule has 6 rings (SSSR count). The van der Waals surface area contributed by atoms with Gasteiger partial charge in [-0.3, -0.25) is 19.2 Å². The van der Waals surface area contributed by atoms with Gasteiger partial charge in [0, 0.05) is 24.0 Å². The number of methoxy groups -OCH3 is 6. The Labute approximate surface area is 346 Å². The number of nitrogens with one attached hydrogen (secondary N) is 2. The highest BCUT2D eigenvalue weighted by Crippen LogP contribution is 2.52. The van der Waals surface area contributed by atoms with Gasteiger partial charge < -0.3 is 39.1 Å². The van der Waals surface area contributed by atoms with E-state index < -0.39 is 12.1 Å². The summed E-state index contributed by atoms with van der Waals surface area (Å²) in [6, 6.07) is 13.2. The fourth-order valence-corrected chi connectivity index (χ4v) is 8.92. The predicted molar refractivity (Wildman–Crippen MR) is 227 cm³/mol. The first-order chi connectivity index (χ1) is 28.0. The van der Waals surface area contributed by atoms with E-state index in [1.54, 1.807) is 52.7 Å². The minimum atomic E-state index is -0.549. The Bertz CT molecular complexity index is 2210. The Balaban J connectivity index is 1.28. The lowest BCUT2D eigenvalue weighted by atomic mass is 9.95. The summed E-state index contributed by atoms with van der Waals surface area (Å²) >= 11 is 2.69. The quantitative estimate of drug-likeness (QED) is 0.135. The van der Waals surface area contributed by atoms with E-state index in [1.807, 2.05) is 36.8 Å². The van der Waals surface area contributed by atoms with Gasteiger partial charge in [0.1, 0.15) is 0 Å². The molecule has 0 saturated carbocycles. The maximum Gasteiger partial charge on any atom is 0.220 e. The number of fused-ring (bicyclic) bond motifs is 6. The number of carbonyl (C=O) groups is 2. The van der Waals surface area contributed by atoms with Gasteiger partial charge >= 0.3 is 0 Å². The van der Waals surface area contributed by atoms with Crippen LogP contribution in [-0.4, -0.2) is 67.0 Å². The molecule has 2 aliphatic carbocycles. The highest BCUT2D eigenvalue weighted by molar-refractivity contribution is 7.98. The number of carbonyl (C=O) groups excluding carboxylic acids is 2. The van der Waals surface area contributed by atoms with Crippen molar-refractivity contribution in [2.24, 2.45) is 0 Å². The summed E-state index contributed by atoms with van der Waals surface area (Å²) in [6.07, 6.45) is 5.47. The van der Waals surface area contributed by atoms with E-state index in [0.717, 1.165) is 33.4 Å². The van der Waals surface area contributed by atoms with Gasteiger partial charge in [0.2, 0.25) is 23.3 Å². The lowest BCUT2D eigenvalue weighted by Gasteiger charge is -2.21. The van der Waals surface area contributed by atoms with Crippen LogP contribution in [0, 0.1) is 0 Å². The number of hydrogen-bond donors (Lipinski definition) is 2. The lowest BCUT2D eigenvalue weighted by molar-refractivity contribution is -0.127. The molecule has 0 aromatic heterocycles. The third-order valence-corrected chi connectivity index (χ3v) is 12.2. The van der Waals surface area contributed by atoms with Crippen molar-refractivity contribution in [3.63, 3.8) is 0 Å². The minimum absolute atomic E-state index is 0.108. The molecule has 0 spiro atoms. The number of ether oxygens (including phenoxy) is 6. The lowest BCUT2D eigenvalue weighted by Crippen LogP contribution is -2.32. The molecule has 14 heteroatoms. The van der Waals surface area contributed by atoms with Gasteiger partial charge in [0.15, 0.2) is 33.9 Å². The van der Waals surface area contributed by atoms with Gasteiger partial charge in [0.25, 0.3) is 0 Å². The molecule has 0 heterocycles. The van der Waals surface area contributed by atoms with Crippen LogP contribution in [0.25, 0.3) is 22.3 Å². The zero-order valence-corrected chi connectivity index (χ0v) is 35.5. The van der Waals surface area contributed by atoms with Crippen molar-refractivity contribution in [1.29, 1.82) is 0 Å². The Morgan fingerprint density at radius 3 is 1.28 bits per heavy atom. The monoisotopic (exact) mass is 828 g/mol. The molecule has 0 saturated heterocycles. The SMILES string of the molecule is COc1cc2c(c(OC)c1OC)-c1ccc(SC)c(=O)cc1C(NC(=O)CCC(=O)N[C@H]1CCc3cc(OC)c(OC)c(OC)c3-c3ccc(SC)c(=O)cc31)CC2. The van der Waals surface area contributed by atoms with Crippen LogP contribution in [0.4, 0.5) is 0 Å². The van der Waals surface area contributed by atoms with Crippen molar-refractivity contribution < 1.29 is 38.0 Å². The maximum atomic E-state index is 13.7. The summed E-state index contributed by atoms with van der Waals surface area (Å²) in [5.74, 6) is 2.09. The maximum absolute atomic E-state index is 13.7. The molecule has 0 aliphatic heterocycles. The van der Waals surface area contributed by atoms with Crippen LogP contribution >= 0.6 is 23.5 Å². The van der Waals surface area contributed by atoms with Crippen molar-refractivity contribution in [3.8, 4) is 56.8 Å². The first-order valence-corrected chi connectivity index (χ1v) is 21.2. The van der Waals surface area contributed by atoms with Crippen LogP contribution in [0.1, 0.15) is 60.0 Å². The van der Waals surface area contributed by atoms with Gasteiger partial charge in [-0.25, -0.2) is 0 Å². The molecule has 2 atom stereocenters. The van der Waals surface area contributed by atoms with Gasteiger partial charge in [-0.2, -0.15) is 0 Å². The van der Waals surface area contributed by atoms with Crippen molar-refractivity contribution >= 4 is 35.3 Å². The Morgan fingerprint density at radius 1 is 0.569 bits per heavy atom. The number of aryl methyl sites for hydroxylation is 2. The van der Waals surface area contributed by atoms with E-state index in [0.29, 0.717) is 81.1 Å². The third-order valence-electron chi connectivity index (χ3n) is 10.7. The first-order valence-electron chi connectivity index (χ1n) is 18.7. The van der Waals surface area contributed by atoms with Crippen molar-refractivity contribution in [1.82, 2.24) is 10.6 Å². The van der Waals surface area contributed by atoms with E-state index in [2.05, 4.69) is 10.6 Å². The number of rotatable bonds is 13. The molecule has 0 radical (unpaired) electrons. The Hall–Kier alpha value is -5.34. The predicted octanol–water partition coefficient (Wildman–Crippen LogP) is 6.92. The number of hydrogen-bond acceptors (Lipinski definition) is 12. The van der Waals surface area contributed by atoms with Crippen LogP contribution in [0.15, 0.2) is 67.9 Å². The van der Waals surface area contributed by atoms with Crippen molar-refractivity contribution in [2.45, 2.75) is 60.4 Å². The molecule has 2 amide bonds. The van der Waals surface area contributed by atoms with Crippen LogP contribution in [0.3, 0.4) is 0 Å². The molecule has 0 fully saturated rings. The average Bonchev–Trinajstić information content (AvgIpc) is 3.63. The average molecular weight is 829 g/mol. The molecule has 306 valence electrons. The highest BCUT2D eigenvalue weighted by atomic mass is 32.2. The summed E-state index contributed by atoms with van der Waals surface area (Å²) in [6.45, 7) is 0. The highest BCUT2D eigenvalue weighted by Gasteiger charge is 2.32. The summed E-state index contributed by atoms with van der Waals surface area (Å²) in [5.41, 5.74) is 5.72. The number of benzene rings is 2. The molecule has 58 heavy (non-hydrogen) atoms. The van der Waals surface area contributed by atoms with Crippen LogP contribution in [0.2, 0.25) is 0 Å². The summed E-state index contributed by atoms with van der Waals surface area (Å²) in [5, 5.41) is 6.26. The second-order valence-corrected chi connectivity index (χ2v) is 15.4. The second-order valence-electron chi connectivity index (χ2n) is 13.7. The molecule has 1 unspecified atom stereocenters. The van der Waals surface area contributed by atoms with Gasteiger partial charge in [-0.05, 0) is 108 Å². The largest absolute Gasteiger partial charge is 0.493 e. The summed E-state index contributed by atoms with van der Waals surface area (Å²) in [4.78, 5) is 55.4. The van der Waals surface area contributed by atoms with Crippen molar-refractivity contribution in [2.75, 3.05) is 55.2 Å². The van der Waals surface area contributed by atoms with Crippen LogP contribution in [-0.2, 0) is 22.4 Å². The molecule has 0 bridgehead atoms. The molecule has 12 nitrogen and oxygen atoms in total. The van der Waals surface area contributed by atoms with Crippen LogP contribution in [0.5, 0.6) is 34.5 Å². The van der Waals surface area contributed by atoms with E-state index >= 15 is 0 Å². The molecular formula is C44H48N2O10S2. The summed E-state index contributed by atoms with van der Waals surface area (Å²) < 4.78 is 34.5. The first kappa shape index (κ1) is 42.3. The van der Waals surface area contributed by atoms with E-state index in [9.17, 15) is 19.2 Å². The number of amides is 2. The zero-order valence-electron chi connectivity index (χ0n) is 33.9. The third kappa shape index (κ3) is 8.17. The van der Waals surface area contributed by atoms with Crippen LogP contribution < -0.4 is 49.9 Å². The smallest absolute Gasteiger partial charge is 0.220 e. The standard InChI is InChI=1S/C44H48N2O10S2/c1-51-33-19-23-9-13-29(27-21-31(47)35(57-7)15-11-25(27)39(23)43(55-5)41(33)53-3)45-37(49)17-18-38(50)46-30-14-10-24-20-34(52-2)42(54-4)44(56-6)40(24)26-12-16-36(58-8)32(48)22-28(26)30/h11-12,15-16,19-22,29-30H,9-10,13-14,17-18H2,1-8H3,(H,45,49)(H,46,50)/t29-,30?/m0/s1. The van der Waals surface area contributed by atoms with Gasteiger partial charge in [-0.1, -0.05) is 12.1 Å². The minimum Gasteiger partial charge on any atom is -0.493 e. The van der Waals surface area contributed by atoms with Crippen molar-refractivity contribution in [3.05, 3.63) is 91.2 Å². The Kier molecular flexibility index (Phi) is 13.5. The topological polar surface area (TPSA) is 148 Å². The van der Waals surface area contributed by atoms with E-state index in [1.165, 1.54) is 37.7 Å². The molecule has 2 aliphatic rings. The second kappa shape index (κ2) is 18.5. The molecule has 4 aromatic rings. The fourth-order valence-electron chi connectivity index (χ4n) is 7.99. The molecular weight excluding hydrogens is 781 g/mol. The van der Waals surface area contributed by atoms with Gasteiger partial charge in [-0.15, -0.1) is 23.5 Å². The number of thioether (sulfide) groups is 2. The summed E-state index contributed by atoms with van der Waals surface area (Å²) in [7, 11) is 9.31.